The van der Waals surface area contributed by atoms with Crippen molar-refractivity contribution < 1.29 is 106 Å². The zero-order valence-corrected chi connectivity index (χ0v) is 35.9. The number of hydrogen-bond donors (Lipinski definition) is 10. The number of carbonyl (C=O) groups excluding carboxylic acids is 2. The first kappa shape index (κ1) is 50.5. The van der Waals surface area contributed by atoms with E-state index in [1.54, 1.807) is 0 Å². The van der Waals surface area contributed by atoms with Gasteiger partial charge in [-0.1, -0.05) is 0 Å². The van der Waals surface area contributed by atoms with Crippen molar-refractivity contribution in [2.75, 3.05) is 22.3 Å². The van der Waals surface area contributed by atoms with E-state index in [2.05, 4.69) is 21.1 Å². The molecule has 0 fully saturated rings. The van der Waals surface area contributed by atoms with E-state index in [1.807, 2.05) is 0 Å². The monoisotopic (exact) mass is 1020 g/mol. The molecular weight excluding hydrogens is 997 g/mol. The number of non-ortho nitro benzene ring substituents is 2. The van der Waals surface area contributed by atoms with Crippen molar-refractivity contribution in [2.24, 2.45) is 10.2 Å². The third-order valence-electron chi connectivity index (χ3n) is 8.38. The molecule has 0 aliphatic heterocycles. The van der Waals surface area contributed by atoms with Crippen LogP contribution in [0.5, 0.6) is 11.5 Å². The summed E-state index contributed by atoms with van der Waals surface area (Å²) < 4.78 is 130. The Morgan fingerprint density at radius 2 is 0.877 bits per heavy atom. The third-order valence-corrected chi connectivity index (χ3v) is 11.8. The fraction of sp³-hybridized carbons (Fsp3) is 0. The summed E-state index contributed by atoms with van der Waals surface area (Å²) in [7, 11) is -19.7. The second kappa shape index (κ2) is 18.1. The number of aromatic hydroxyl groups is 2. The normalized spacial score (nSPS) is 15.0. The average molecular weight is 1030 g/mol. The Morgan fingerprint density at radius 3 is 1.14 bits per heavy atom. The van der Waals surface area contributed by atoms with Gasteiger partial charge >= 0.3 is 7.13 Å². The molecule has 0 saturated heterocycles. The van der Waals surface area contributed by atoms with Crippen molar-refractivity contribution in [1.82, 2.24) is 0 Å². The predicted molar refractivity (Wildman–Crippen MR) is 226 cm³/mol. The molecule has 65 heavy (non-hydrogen) atoms. The molecule has 12 N–H and O–H groups in total. The van der Waals surface area contributed by atoms with Gasteiger partial charge in [-0.05, 0) is 59.7 Å². The molecule has 0 amide bonds. The number of allylic oxidation sites excluding steroid dienone is 2. The molecule has 2 aliphatic carbocycles. The van der Waals surface area contributed by atoms with Crippen LogP contribution in [0.25, 0.3) is 12.2 Å². The van der Waals surface area contributed by atoms with Gasteiger partial charge < -0.3 is 21.7 Å². The molecule has 0 atom stereocenters. The quantitative estimate of drug-likeness (QED) is 0.0359. The van der Waals surface area contributed by atoms with Gasteiger partial charge in [0.25, 0.3) is 51.8 Å². The van der Waals surface area contributed by atoms with Gasteiger partial charge in [-0.2, -0.15) is 43.9 Å². The van der Waals surface area contributed by atoms with E-state index in [4.69, 9.17) is 11.5 Å². The second-order valence-corrected chi connectivity index (χ2v) is 18.2. The number of nitrogens with one attached hydrogen (secondary N) is 2. The maximum Gasteiger partial charge on any atom is 1.00 e. The molecule has 0 heterocycles. The van der Waals surface area contributed by atoms with Crippen molar-refractivity contribution in [3.63, 3.8) is 0 Å². The number of Topliss-reactive ketones (excluding diaryl/α,β-unsaturated/α-hetero) is 2. The van der Waals surface area contributed by atoms with Crippen LogP contribution in [0.2, 0.25) is 0 Å². The van der Waals surface area contributed by atoms with Crippen LogP contribution in [0.1, 0.15) is 39.0 Å². The van der Waals surface area contributed by atoms with E-state index < -0.39 is 127 Å². The van der Waals surface area contributed by atoms with E-state index in [-0.39, 0.29) is 58.1 Å². The minimum absolute atomic E-state index is 0. The van der Waals surface area contributed by atoms with Gasteiger partial charge in [0, 0.05) is 40.9 Å². The Labute approximate surface area is 381 Å². The SMILES string of the molecule is Nc1cc(S(=O)(=O)O)cc2c1C(=O)/C(=N\Nc1ccc([N+](=O)[O-])cc1O)C(S(=O)(=O)O)=C2.Nc1cc(S(=O)(=O)O)cc2c1C(=O)/C(=N\Nc1ccc([N+](=O)[O-])cc1O)C(S(=O)(=O)O)=C2.[Cr].[H+].[H+].[H+].[H+].[H+]. The van der Waals surface area contributed by atoms with E-state index in [0.29, 0.717) is 12.2 Å². The number of nitrogen functional groups attached to an aromatic ring is 2. The first-order valence-corrected chi connectivity index (χ1v) is 22.1. The Balaban J connectivity index is 0. The van der Waals surface area contributed by atoms with Gasteiger partial charge in [-0.25, -0.2) is 0 Å². The molecule has 0 radical (unpaired) electrons. The average Bonchev–Trinajstić information content (AvgIpc) is 3.16. The van der Waals surface area contributed by atoms with Crippen LogP contribution in [-0.4, -0.2) is 94.9 Å². The van der Waals surface area contributed by atoms with Crippen molar-refractivity contribution in [3.05, 3.63) is 113 Å². The van der Waals surface area contributed by atoms with Gasteiger partial charge in [0.15, 0.2) is 11.4 Å². The number of hydrazone groups is 2. The van der Waals surface area contributed by atoms with E-state index >= 15 is 0 Å². The van der Waals surface area contributed by atoms with Crippen LogP contribution < -0.4 is 22.3 Å². The molecule has 4 aromatic carbocycles. The number of nitrogens with two attached hydrogens (primary N) is 2. The van der Waals surface area contributed by atoms with Crippen LogP contribution in [-0.2, 0) is 57.8 Å². The fourth-order valence-corrected chi connectivity index (χ4v) is 7.96. The third kappa shape index (κ3) is 11.0. The number of rotatable bonds is 10. The van der Waals surface area contributed by atoms with Crippen LogP contribution in [0.3, 0.4) is 0 Å². The summed E-state index contributed by atoms with van der Waals surface area (Å²) in [6.45, 7) is 0. The molecular formula is C32H29CrN8O20S4+5. The topological polar surface area (TPSA) is 479 Å². The van der Waals surface area contributed by atoms with Crippen molar-refractivity contribution >= 4 is 110 Å². The van der Waals surface area contributed by atoms with Crippen molar-refractivity contribution in [2.45, 2.75) is 9.79 Å². The van der Waals surface area contributed by atoms with Gasteiger partial charge in [-0.3, -0.25) is 58.9 Å². The number of ketones is 2. The number of benzene rings is 4. The van der Waals surface area contributed by atoms with E-state index in [0.717, 1.165) is 60.7 Å². The largest absolute Gasteiger partial charge is 1.00 e. The Morgan fingerprint density at radius 1 is 0.554 bits per heavy atom. The summed E-state index contributed by atoms with van der Waals surface area (Å²) in [5.41, 5.74) is 10.4. The second-order valence-electron chi connectivity index (χ2n) is 12.6. The van der Waals surface area contributed by atoms with Crippen LogP contribution >= 0.6 is 0 Å². The molecule has 33 heteroatoms. The number of nitro groups is 2. The minimum atomic E-state index is -5.08. The zero-order chi connectivity index (χ0) is 48.0. The summed E-state index contributed by atoms with van der Waals surface area (Å²) >= 11 is 0. The van der Waals surface area contributed by atoms with Crippen LogP contribution in [0.15, 0.2) is 90.5 Å². The molecule has 2 aliphatic rings. The summed E-state index contributed by atoms with van der Waals surface area (Å²) in [5, 5.41) is 48.4. The molecule has 28 nitrogen and oxygen atoms in total. The number of phenols is 2. The maximum absolute atomic E-state index is 12.9. The number of hydrogen-bond acceptors (Lipinski definition) is 22. The number of anilines is 4. The predicted octanol–water partition coefficient (Wildman–Crippen LogP) is 2.60. The maximum atomic E-state index is 12.9. The molecule has 0 bridgehead atoms. The molecule has 6 rings (SSSR count). The molecule has 0 aromatic heterocycles. The van der Waals surface area contributed by atoms with Crippen LogP contribution in [0, 0.1) is 20.2 Å². The Bertz CT molecular complexity index is 3180. The number of fused-ring (bicyclic) bond motifs is 2. The van der Waals surface area contributed by atoms with E-state index in [9.17, 15) is 91.9 Å². The van der Waals surface area contributed by atoms with E-state index in [1.165, 1.54) is 0 Å². The molecule has 0 saturated carbocycles. The zero-order valence-electron chi connectivity index (χ0n) is 36.3. The van der Waals surface area contributed by atoms with Gasteiger partial charge in [-0.15, -0.1) is 0 Å². The fourth-order valence-electron chi connectivity index (χ4n) is 5.54. The summed E-state index contributed by atoms with van der Waals surface area (Å²) in [6, 6.07) is 8.68. The Hall–Kier alpha value is -7.19. The first-order valence-electron chi connectivity index (χ1n) is 16.3. The number of nitro benzene ring substituents is 2. The minimum Gasteiger partial charge on any atom is -0.505 e. The van der Waals surface area contributed by atoms with Crippen molar-refractivity contribution in [3.8, 4) is 11.5 Å². The van der Waals surface area contributed by atoms with Crippen molar-refractivity contribution in [1.29, 1.82) is 0 Å². The smallest absolute Gasteiger partial charge is 0.505 e. The summed E-state index contributed by atoms with van der Waals surface area (Å²) in [6.07, 6.45) is 1.43. The molecule has 0 spiro atoms. The van der Waals surface area contributed by atoms with Crippen LogP contribution in [0.4, 0.5) is 34.1 Å². The summed E-state index contributed by atoms with van der Waals surface area (Å²) in [4.78, 5) is 42.2. The van der Waals surface area contributed by atoms with Gasteiger partial charge in [0.2, 0.25) is 11.6 Å². The Kier molecular flexibility index (Phi) is 14.1. The van der Waals surface area contributed by atoms with Gasteiger partial charge in [0.05, 0.1) is 54.3 Å². The number of phenolic OH excluding ortho intramolecular Hbond substituents is 2. The molecule has 4 aromatic rings. The number of nitrogens with zero attached hydrogens (tertiary/aromatic N) is 4. The summed E-state index contributed by atoms with van der Waals surface area (Å²) in [5.74, 6) is -3.57. The standard InChI is InChI=1S/2C16H12N4O10S2.Cr/c2*17-10-6-9(31(25,26)27)3-7-4-13(32(28,29)30)15(16(22)14(7)10)19-18-11-2-1-8(20(23)24)5-12(11)21;/h2*1-6,18,21H,17H2,(H,25,26,27)(H,28,29,30);/p+5/b2*19-15-;. The molecule has 0 unspecified atom stereocenters. The first-order chi connectivity index (χ1) is 29.4. The number of carbonyl (C=O) groups is 2. The molecule has 342 valence electrons. The van der Waals surface area contributed by atoms with Gasteiger partial charge in [0.1, 0.15) is 21.3 Å².